The summed E-state index contributed by atoms with van der Waals surface area (Å²) >= 11 is 0. The van der Waals surface area contributed by atoms with E-state index in [0.717, 1.165) is 57.4 Å². The number of carbonyl (C=O) groups excluding carboxylic acids is 2. The zero-order valence-electron chi connectivity index (χ0n) is 20.9. The van der Waals surface area contributed by atoms with Crippen molar-refractivity contribution in [3.63, 3.8) is 0 Å². The number of hydrogen-bond donors (Lipinski definition) is 2. The Morgan fingerprint density at radius 2 is 1.81 bits per heavy atom. The molecule has 7 heteroatoms. The van der Waals surface area contributed by atoms with Crippen molar-refractivity contribution >= 4 is 22.8 Å². The molecule has 4 aromatic rings. The summed E-state index contributed by atoms with van der Waals surface area (Å²) < 4.78 is 5.30. The maximum absolute atomic E-state index is 13.6. The molecule has 3 amide bonds. The van der Waals surface area contributed by atoms with Crippen LogP contribution in [0, 0.1) is 0 Å². The number of rotatable bonds is 6. The smallest absolute Gasteiger partial charge is 0.328 e. The number of aromatic nitrogens is 1. The molecule has 0 bridgehead atoms. The van der Waals surface area contributed by atoms with Crippen LogP contribution < -0.4 is 4.74 Å². The lowest BCUT2D eigenvalue weighted by Crippen LogP contribution is -2.44. The second kappa shape index (κ2) is 9.00. The van der Waals surface area contributed by atoms with E-state index in [1.165, 1.54) is 4.90 Å². The van der Waals surface area contributed by atoms with Crippen LogP contribution >= 0.6 is 0 Å². The van der Waals surface area contributed by atoms with Gasteiger partial charge in [-0.25, -0.2) is 4.79 Å². The topological polar surface area (TPSA) is 85.9 Å². The fourth-order valence-electron chi connectivity index (χ4n) is 5.70. The van der Waals surface area contributed by atoms with Gasteiger partial charge in [0.05, 0.1) is 7.11 Å². The summed E-state index contributed by atoms with van der Waals surface area (Å²) in [6.07, 6.45) is 2.12. The molecule has 0 radical (unpaired) electrons. The number of methoxy groups -OCH3 is 1. The van der Waals surface area contributed by atoms with Gasteiger partial charge in [-0.1, -0.05) is 43.7 Å². The molecule has 2 aliphatic heterocycles. The molecule has 188 valence electrons. The van der Waals surface area contributed by atoms with Crippen LogP contribution in [-0.2, 0) is 11.2 Å². The van der Waals surface area contributed by atoms with E-state index in [1.807, 2.05) is 37.3 Å². The highest BCUT2D eigenvalue weighted by Gasteiger charge is 2.52. The van der Waals surface area contributed by atoms with Crippen molar-refractivity contribution in [3.8, 4) is 22.6 Å². The van der Waals surface area contributed by atoms with E-state index >= 15 is 0 Å². The Balaban J connectivity index is 1.50. The molecule has 0 spiro atoms. The highest BCUT2D eigenvalue weighted by molar-refractivity contribution is 6.06. The number of hydrogen-bond acceptors (Lipinski definition) is 4. The number of H-pyrrole nitrogens is 1. The molecular formula is C30H29N3O4. The first-order chi connectivity index (χ1) is 18.0. The molecular weight excluding hydrogens is 466 g/mol. The minimum absolute atomic E-state index is 0.125. The van der Waals surface area contributed by atoms with E-state index in [-0.39, 0.29) is 17.7 Å². The predicted octanol–water partition coefficient (Wildman–Crippen LogP) is 5.63. The van der Waals surface area contributed by atoms with E-state index in [9.17, 15) is 14.7 Å². The highest BCUT2D eigenvalue weighted by Crippen LogP contribution is 2.45. The number of benzene rings is 3. The standard InChI is InChI=1S/C30H29N3O4/c1-3-4-14-32-29(35)26-17-24-23-16-19(18-8-11-22(37-2)12-9-18)10-13-25(23)31-27(24)28(33(26)30(32)36)20-6-5-7-21(34)15-20/h5-13,15-16,26,28,31,34H,3-4,14,17H2,1-2H3/t26-,28+/m0/s1. The second-order valence-electron chi connectivity index (χ2n) is 9.76. The summed E-state index contributed by atoms with van der Waals surface area (Å²) in [5, 5.41) is 11.3. The number of nitrogens with one attached hydrogen (secondary N) is 1. The third kappa shape index (κ3) is 3.73. The summed E-state index contributed by atoms with van der Waals surface area (Å²) in [6, 6.07) is 19.8. The zero-order valence-corrected chi connectivity index (χ0v) is 20.9. The lowest BCUT2D eigenvalue weighted by molar-refractivity contribution is -0.128. The van der Waals surface area contributed by atoms with Crippen molar-refractivity contribution < 1.29 is 19.4 Å². The van der Waals surface area contributed by atoms with Crippen molar-refractivity contribution in [1.29, 1.82) is 0 Å². The number of phenols is 1. The number of nitrogens with zero attached hydrogens (tertiary/aromatic N) is 2. The maximum Gasteiger partial charge on any atom is 0.328 e. The van der Waals surface area contributed by atoms with Gasteiger partial charge in [0.25, 0.3) is 5.91 Å². The number of amides is 3. The molecule has 1 fully saturated rings. The minimum atomic E-state index is -0.576. The molecule has 2 N–H and O–H groups in total. The van der Waals surface area contributed by atoms with Crippen LogP contribution in [0.4, 0.5) is 4.79 Å². The molecule has 1 aromatic heterocycles. The van der Waals surface area contributed by atoms with E-state index in [0.29, 0.717) is 13.0 Å². The fourth-order valence-corrected chi connectivity index (χ4v) is 5.70. The minimum Gasteiger partial charge on any atom is -0.508 e. The zero-order chi connectivity index (χ0) is 25.7. The average molecular weight is 496 g/mol. The normalized spacial score (nSPS) is 18.9. The first-order valence-electron chi connectivity index (χ1n) is 12.7. The van der Waals surface area contributed by atoms with Crippen LogP contribution in [-0.4, -0.2) is 51.5 Å². The maximum atomic E-state index is 13.6. The van der Waals surface area contributed by atoms with Gasteiger partial charge in [-0.15, -0.1) is 0 Å². The molecule has 3 heterocycles. The average Bonchev–Trinajstić information content (AvgIpc) is 3.40. The quantitative estimate of drug-likeness (QED) is 0.340. The van der Waals surface area contributed by atoms with Crippen molar-refractivity contribution in [2.45, 2.75) is 38.3 Å². The van der Waals surface area contributed by atoms with E-state index in [1.54, 1.807) is 30.2 Å². The van der Waals surface area contributed by atoms with Gasteiger partial charge in [0, 0.05) is 29.6 Å². The highest BCUT2D eigenvalue weighted by atomic mass is 16.5. The molecule has 3 aromatic carbocycles. The lowest BCUT2D eigenvalue weighted by Gasteiger charge is -2.36. The Morgan fingerprint density at radius 1 is 1.03 bits per heavy atom. The molecule has 0 aliphatic carbocycles. The number of unbranched alkanes of at least 4 members (excludes halogenated alkanes) is 1. The van der Waals surface area contributed by atoms with Gasteiger partial charge >= 0.3 is 6.03 Å². The Morgan fingerprint density at radius 3 is 2.54 bits per heavy atom. The molecule has 1 saturated heterocycles. The number of ether oxygens (including phenoxy) is 1. The Bertz CT molecular complexity index is 1510. The van der Waals surface area contributed by atoms with Gasteiger partial charge in [-0.3, -0.25) is 14.6 Å². The van der Waals surface area contributed by atoms with Crippen molar-refractivity contribution in [3.05, 3.63) is 83.6 Å². The second-order valence-corrected chi connectivity index (χ2v) is 9.76. The summed E-state index contributed by atoms with van der Waals surface area (Å²) in [7, 11) is 1.65. The number of phenolic OH excluding ortho intramolecular Hbond substituents is 1. The van der Waals surface area contributed by atoms with Crippen LogP contribution in [0.15, 0.2) is 66.7 Å². The van der Waals surface area contributed by atoms with Crippen molar-refractivity contribution in [2.24, 2.45) is 0 Å². The third-order valence-electron chi connectivity index (χ3n) is 7.57. The Labute approximate surface area is 215 Å². The predicted molar refractivity (Wildman–Crippen MR) is 142 cm³/mol. The van der Waals surface area contributed by atoms with Crippen LogP contribution in [0.25, 0.3) is 22.0 Å². The third-order valence-corrected chi connectivity index (χ3v) is 7.57. The summed E-state index contributed by atoms with van der Waals surface area (Å²) in [6.45, 7) is 2.47. The number of aromatic hydroxyl groups is 1. The monoisotopic (exact) mass is 495 g/mol. The molecule has 37 heavy (non-hydrogen) atoms. The number of carbonyl (C=O) groups is 2. The van der Waals surface area contributed by atoms with Gasteiger partial charge in [-0.05, 0) is 65.1 Å². The van der Waals surface area contributed by atoms with Crippen LogP contribution in [0.2, 0.25) is 0 Å². The Hall–Kier alpha value is -4.26. The largest absolute Gasteiger partial charge is 0.508 e. The van der Waals surface area contributed by atoms with E-state index in [2.05, 4.69) is 23.2 Å². The number of fused-ring (bicyclic) bond motifs is 4. The Kier molecular flexibility index (Phi) is 5.63. The first-order valence-corrected chi connectivity index (χ1v) is 12.7. The van der Waals surface area contributed by atoms with Gasteiger partial charge in [0.1, 0.15) is 23.6 Å². The number of imide groups is 1. The van der Waals surface area contributed by atoms with E-state index in [4.69, 9.17) is 4.74 Å². The molecule has 2 aliphatic rings. The number of urea groups is 1. The van der Waals surface area contributed by atoms with Crippen LogP contribution in [0.5, 0.6) is 11.5 Å². The number of aromatic amines is 1. The van der Waals surface area contributed by atoms with Crippen molar-refractivity contribution in [2.75, 3.05) is 13.7 Å². The first kappa shape index (κ1) is 23.2. The molecule has 2 atom stereocenters. The molecule has 6 rings (SSSR count). The summed E-state index contributed by atoms with van der Waals surface area (Å²) in [5.41, 5.74) is 5.78. The molecule has 0 unspecified atom stereocenters. The van der Waals surface area contributed by atoms with Gasteiger partial charge in [-0.2, -0.15) is 0 Å². The van der Waals surface area contributed by atoms with Crippen LogP contribution in [0.1, 0.15) is 42.6 Å². The van der Waals surface area contributed by atoms with Crippen LogP contribution in [0.3, 0.4) is 0 Å². The van der Waals surface area contributed by atoms with Gasteiger partial charge in [0.15, 0.2) is 0 Å². The van der Waals surface area contributed by atoms with Crippen molar-refractivity contribution in [1.82, 2.24) is 14.8 Å². The lowest BCUT2D eigenvalue weighted by atomic mass is 9.88. The molecule has 0 saturated carbocycles. The van der Waals surface area contributed by atoms with E-state index < -0.39 is 12.1 Å². The summed E-state index contributed by atoms with van der Waals surface area (Å²) in [4.78, 5) is 33.8. The fraction of sp³-hybridized carbons (Fsp3) is 0.267. The molecule has 7 nitrogen and oxygen atoms in total. The summed E-state index contributed by atoms with van der Waals surface area (Å²) in [5.74, 6) is 0.782. The van der Waals surface area contributed by atoms with Gasteiger partial charge in [0.2, 0.25) is 0 Å². The van der Waals surface area contributed by atoms with Gasteiger partial charge < -0.3 is 14.8 Å². The SMILES string of the molecule is CCCCN1C(=O)[C@@H]2Cc3c([nH]c4ccc(-c5ccc(OC)cc5)cc34)[C@@H](c3cccc(O)c3)N2C1=O.